The minimum Gasteiger partial charge on any atom is -0.467 e. The molecule has 0 aliphatic carbocycles. The van der Waals surface area contributed by atoms with Gasteiger partial charge in [0.25, 0.3) is 0 Å². The van der Waals surface area contributed by atoms with Crippen molar-refractivity contribution in [1.29, 1.82) is 0 Å². The summed E-state index contributed by atoms with van der Waals surface area (Å²) in [6, 6.07) is 0. The lowest BCUT2D eigenvalue weighted by molar-refractivity contribution is -0.204. The molecule has 0 aromatic carbocycles. The van der Waals surface area contributed by atoms with E-state index in [1.54, 1.807) is 0 Å². The molecule has 1 unspecified atom stereocenters. The van der Waals surface area contributed by atoms with Crippen LogP contribution in [0, 0.1) is 0 Å². The smallest absolute Gasteiger partial charge is 0.346 e. The topological polar surface area (TPSA) is 116 Å². The van der Waals surface area contributed by atoms with Crippen LogP contribution in [0.4, 0.5) is 0 Å². The molecule has 0 spiro atoms. The van der Waals surface area contributed by atoms with Crippen molar-refractivity contribution in [2.24, 2.45) is 0 Å². The molecule has 1 aliphatic heterocycles. The van der Waals surface area contributed by atoms with Gasteiger partial charge in [0.05, 0.1) is 13.7 Å². The summed E-state index contributed by atoms with van der Waals surface area (Å²) in [5.74, 6) is -1.21. The molecule has 0 radical (unpaired) electrons. The summed E-state index contributed by atoms with van der Waals surface area (Å²) < 4.78 is 8.77. The Morgan fingerprint density at radius 2 is 2.14 bits per heavy atom. The van der Waals surface area contributed by atoms with Crippen LogP contribution in [0.3, 0.4) is 0 Å². The van der Waals surface area contributed by atoms with E-state index in [1.165, 1.54) is 0 Å². The van der Waals surface area contributed by atoms with Gasteiger partial charge in [-0.15, -0.1) is 0 Å². The summed E-state index contributed by atoms with van der Waals surface area (Å²) in [5.41, 5.74) is -2.54. The normalized spacial score (nSPS) is 42.5. The van der Waals surface area contributed by atoms with Crippen LogP contribution in [0.5, 0.6) is 0 Å². The summed E-state index contributed by atoms with van der Waals surface area (Å²) in [4.78, 5) is 11.1. The van der Waals surface area contributed by atoms with Crippen LogP contribution >= 0.6 is 0 Å². The molecule has 1 saturated heterocycles. The number of aliphatic hydroxyl groups is 4. The molecule has 82 valence electrons. The van der Waals surface area contributed by atoms with Gasteiger partial charge in [0.2, 0.25) is 5.60 Å². The van der Waals surface area contributed by atoms with Gasteiger partial charge in [-0.3, -0.25) is 0 Å². The van der Waals surface area contributed by atoms with E-state index in [2.05, 4.69) is 9.47 Å². The Balaban J connectivity index is 2.92. The van der Waals surface area contributed by atoms with Crippen LogP contribution < -0.4 is 0 Å². The summed E-state index contributed by atoms with van der Waals surface area (Å²) in [6.45, 7) is -0.627. The van der Waals surface area contributed by atoms with E-state index >= 15 is 0 Å². The molecule has 7 heteroatoms. The Kier molecular flexibility index (Phi) is 3.07. The second-order valence-electron chi connectivity index (χ2n) is 2.97. The van der Waals surface area contributed by atoms with Crippen LogP contribution in [-0.4, -0.2) is 64.2 Å². The Bertz CT molecular complexity index is 230. The van der Waals surface area contributed by atoms with Gasteiger partial charge < -0.3 is 29.9 Å². The summed E-state index contributed by atoms with van der Waals surface area (Å²) in [6.07, 6.45) is -4.86. The Labute approximate surface area is 79.5 Å². The van der Waals surface area contributed by atoms with E-state index in [4.69, 9.17) is 5.11 Å². The third-order valence-electron chi connectivity index (χ3n) is 2.18. The highest BCUT2D eigenvalue weighted by Crippen LogP contribution is 2.30. The molecule has 0 saturated carbocycles. The number of esters is 1. The third kappa shape index (κ3) is 1.39. The van der Waals surface area contributed by atoms with Crippen molar-refractivity contribution in [1.82, 2.24) is 0 Å². The lowest BCUT2D eigenvalue weighted by Crippen LogP contribution is -2.55. The van der Waals surface area contributed by atoms with Gasteiger partial charge in [0.15, 0.2) is 6.29 Å². The average molecular weight is 208 g/mol. The van der Waals surface area contributed by atoms with Crippen molar-refractivity contribution in [3.05, 3.63) is 0 Å². The van der Waals surface area contributed by atoms with Crippen LogP contribution in [0.25, 0.3) is 0 Å². The fourth-order valence-electron chi connectivity index (χ4n) is 1.30. The van der Waals surface area contributed by atoms with Crippen LogP contribution in [0.2, 0.25) is 0 Å². The zero-order chi connectivity index (χ0) is 10.9. The van der Waals surface area contributed by atoms with Gasteiger partial charge in [0.1, 0.15) is 12.2 Å². The van der Waals surface area contributed by atoms with Crippen molar-refractivity contribution in [2.75, 3.05) is 13.7 Å². The number of aliphatic hydroxyl groups excluding tert-OH is 3. The number of carbonyl (C=O) groups excluding carboxylic acids is 1. The lowest BCUT2D eigenvalue weighted by Gasteiger charge is -2.24. The van der Waals surface area contributed by atoms with Crippen LogP contribution in [-0.2, 0) is 14.3 Å². The molecular formula is C7H12O7. The molecular weight excluding hydrogens is 196 g/mol. The highest BCUT2D eigenvalue weighted by molar-refractivity contribution is 5.81. The number of ether oxygens (including phenoxy) is 2. The maximum atomic E-state index is 11.1. The standard InChI is InChI=1S/C7H12O7/c1-13-5(10)7(12)4(9)3(2-8)14-6(7)11/h3-4,6,8-9,11-12H,2H2,1H3/t3-,4-,6?,7+/m1/s1. The molecule has 4 N–H and O–H groups in total. The first kappa shape index (κ1) is 11.3. The van der Waals surface area contributed by atoms with E-state index in [-0.39, 0.29) is 0 Å². The number of methoxy groups -OCH3 is 1. The number of carbonyl (C=O) groups is 1. The fourth-order valence-corrected chi connectivity index (χ4v) is 1.30. The average Bonchev–Trinajstić information content (AvgIpc) is 2.42. The molecule has 0 amide bonds. The summed E-state index contributed by atoms with van der Waals surface area (Å²) in [7, 11) is 0.992. The Morgan fingerprint density at radius 3 is 2.50 bits per heavy atom. The molecule has 0 aromatic heterocycles. The third-order valence-corrected chi connectivity index (χ3v) is 2.18. The first-order valence-electron chi connectivity index (χ1n) is 3.91. The van der Waals surface area contributed by atoms with Gasteiger partial charge in [-0.05, 0) is 0 Å². The Hall–Kier alpha value is -0.730. The molecule has 4 atom stereocenters. The summed E-state index contributed by atoms with van der Waals surface area (Å²) >= 11 is 0. The SMILES string of the molecule is COC(=O)[C@]1(O)C(O)O[C@H](CO)[C@H]1O. The minimum absolute atomic E-state index is 0.627. The highest BCUT2D eigenvalue weighted by Gasteiger charge is 2.60. The number of rotatable bonds is 2. The van der Waals surface area contributed by atoms with Crippen LogP contribution in [0.15, 0.2) is 0 Å². The zero-order valence-corrected chi connectivity index (χ0v) is 7.45. The second-order valence-corrected chi connectivity index (χ2v) is 2.97. The predicted octanol–water partition coefficient (Wildman–Crippen LogP) is -3.04. The van der Waals surface area contributed by atoms with E-state index < -0.39 is 36.7 Å². The van der Waals surface area contributed by atoms with Crippen molar-refractivity contribution >= 4 is 5.97 Å². The molecule has 1 rings (SSSR count). The first-order chi connectivity index (χ1) is 6.48. The van der Waals surface area contributed by atoms with Crippen molar-refractivity contribution in [3.63, 3.8) is 0 Å². The molecule has 0 aromatic rings. The molecule has 7 nitrogen and oxygen atoms in total. The van der Waals surface area contributed by atoms with E-state index in [9.17, 15) is 20.1 Å². The van der Waals surface area contributed by atoms with E-state index in [0.717, 1.165) is 7.11 Å². The fraction of sp³-hybridized carbons (Fsp3) is 0.857. The second kappa shape index (κ2) is 3.79. The van der Waals surface area contributed by atoms with Gasteiger partial charge in [0, 0.05) is 0 Å². The summed E-state index contributed by atoms with van der Waals surface area (Å²) in [5, 5.41) is 36.8. The number of hydrogen-bond donors (Lipinski definition) is 4. The molecule has 0 bridgehead atoms. The lowest BCUT2D eigenvalue weighted by atomic mass is 9.95. The largest absolute Gasteiger partial charge is 0.467 e. The van der Waals surface area contributed by atoms with E-state index in [0.29, 0.717) is 0 Å². The van der Waals surface area contributed by atoms with Crippen molar-refractivity contribution in [2.45, 2.75) is 24.1 Å². The zero-order valence-electron chi connectivity index (χ0n) is 7.45. The maximum absolute atomic E-state index is 11.1. The van der Waals surface area contributed by atoms with Gasteiger partial charge in [-0.2, -0.15) is 0 Å². The first-order valence-corrected chi connectivity index (χ1v) is 3.91. The van der Waals surface area contributed by atoms with E-state index in [1.807, 2.05) is 0 Å². The quantitative estimate of drug-likeness (QED) is 0.356. The molecule has 1 heterocycles. The van der Waals surface area contributed by atoms with Crippen molar-refractivity contribution in [3.8, 4) is 0 Å². The molecule has 1 fully saturated rings. The minimum atomic E-state index is -2.54. The van der Waals surface area contributed by atoms with Crippen LogP contribution in [0.1, 0.15) is 0 Å². The van der Waals surface area contributed by atoms with Crippen molar-refractivity contribution < 1.29 is 34.7 Å². The number of hydrogen-bond acceptors (Lipinski definition) is 7. The van der Waals surface area contributed by atoms with Gasteiger partial charge in [-0.1, -0.05) is 0 Å². The Morgan fingerprint density at radius 1 is 1.57 bits per heavy atom. The maximum Gasteiger partial charge on any atom is 0.346 e. The molecule has 1 aliphatic rings. The molecule has 14 heavy (non-hydrogen) atoms. The van der Waals surface area contributed by atoms with Gasteiger partial charge >= 0.3 is 5.97 Å². The monoisotopic (exact) mass is 208 g/mol. The predicted molar refractivity (Wildman–Crippen MR) is 40.9 cm³/mol. The van der Waals surface area contributed by atoms with Gasteiger partial charge in [-0.25, -0.2) is 4.79 Å². The highest BCUT2D eigenvalue weighted by atomic mass is 16.7.